The Balaban J connectivity index is 0.000000686. The summed E-state index contributed by atoms with van der Waals surface area (Å²) in [5, 5.41) is 4.17. The molecule has 3 nitrogen and oxygen atoms in total. The van der Waals surface area contributed by atoms with Crippen LogP contribution in [0.4, 0.5) is 5.82 Å². The zero-order chi connectivity index (χ0) is 12.8. The fourth-order valence-corrected chi connectivity index (χ4v) is 1.66. The molecule has 1 aromatic carbocycles. The molecule has 0 spiro atoms. The normalized spacial score (nSPS) is 9.65. The number of nitrogens with two attached hydrogens (primary N) is 1. The maximum Gasteiger partial charge on any atom is 0.122 e. The summed E-state index contributed by atoms with van der Waals surface area (Å²) in [5.74, 6) is 0.704. The molecule has 17 heavy (non-hydrogen) atoms. The van der Waals surface area contributed by atoms with E-state index >= 15 is 0 Å². The van der Waals surface area contributed by atoms with Crippen LogP contribution in [0.15, 0.2) is 30.5 Å². The van der Waals surface area contributed by atoms with E-state index in [1.54, 1.807) is 10.9 Å². The van der Waals surface area contributed by atoms with E-state index in [1.165, 1.54) is 16.7 Å². The summed E-state index contributed by atoms with van der Waals surface area (Å²) in [6.07, 6.45) is 1.72. The van der Waals surface area contributed by atoms with Gasteiger partial charge >= 0.3 is 0 Å². The monoisotopic (exact) mass is 231 g/mol. The summed E-state index contributed by atoms with van der Waals surface area (Å²) in [7, 11) is 0. The van der Waals surface area contributed by atoms with E-state index in [9.17, 15) is 0 Å². The minimum Gasteiger partial charge on any atom is -0.384 e. The Morgan fingerprint density at radius 3 is 2.41 bits per heavy atom. The van der Waals surface area contributed by atoms with Crippen molar-refractivity contribution in [3.8, 4) is 0 Å². The molecule has 2 N–H and O–H groups in total. The highest BCUT2D eigenvalue weighted by atomic mass is 15.3. The van der Waals surface area contributed by atoms with Crippen LogP contribution in [0.2, 0.25) is 0 Å². The van der Waals surface area contributed by atoms with Gasteiger partial charge in [-0.25, -0.2) is 4.68 Å². The molecule has 0 saturated heterocycles. The van der Waals surface area contributed by atoms with E-state index in [4.69, 9.17) is 5.73 Å². The third kappa shape index (κ3) is 3.34. The van der Waals surface area contributed by atoms with E-state index in [2.05, 4.69) is 37.1 Å². The minimum atomic E-state index is 0.704. The van der Waals surface area contributed by atoms with Crippen molar-refractivity contribution in [2.75, 3.05) is 5.73 Å². The van der Waals surface area contributed by atoms with Crippen LogP contribution < -0.4 is 5.73 Å². The first-order chi connectivity index (χ1) is 8.16. The summed E-state index contributed by atoms with van der Waals surface area (Å²) in [6, 6.07) is 8.23. The van der Waals surface area contributed by atoms with Crippen LogP contribution >= 0.6 is 0 Å². The molecule has 0 amide bonds. The lowest BCUT2D eigenvalue weighted by Crippen LogP contribution is -2.06. The average Bonchev–Trinajstić information content (AvgIpc) is 2.71. The van der Waals surface area contributed by atoms with Gasteiger partial charge in [0.25, 0.3) is 0 Å². The highest BCUT2D eigenvalue weighted by Crippen LogP contribution is 2.13. The Hall–Kier alpha value is -1.77. The fraction of sp³-hybridized carbons (Fsp3) is 0.357. The molecule has 0 unspecified atom stereocenters. The fourth-order valence-electron chi connectivity index (χ4n) is 1.66. The molecule has 0 fully saturated rings. The molecular weight excluding hydrogens is 210 g/mol. The number of benzene rings is 1. The van der Waals surface area contributed by atoms with Gasteiger partial charge in [0.2, 0.25) is 0 Å². The molecule has 0 radical (unpaired) electrons. The van der Waals surface area contributed by atoms with E-state index in [0.717, 1.165) is 6.54 Å². The molecule has 2 rings (SSSR count). The van der Waals surface area contributed by atoms with Gasteiger partial charge in [-0.05, 0) is 31.0 Å². The Morgan fingerprint density at radius 2 is 1.88 bits per heavy atom. The topological polar surface area (TPSA) is 43.8 Å². The second-order valence-electron chi connectivity index (χ2n) is 3.84. The predicted molar refractivity (Wildman–Crippen MR) is 73.0 cm³/mol. The van der Waals surface area contributed by atoms with Crippen LogP contribution in [0, 0.1) is 13.8 Å². The van der Waals surface area contributed by atoms with Gasteiger partial charge in [0, 0.05) is 0 Å². The zero-order valence-corrected chi connectivity index (χ0v) is 11.1. The first-order valence-electron chi connectivity index (χ1n) is 6.00. The van der Waals surface area contributed by atoms with Crippen LogP contribution in [-0.2, 0) is 6.54 Å². The first kappa shape index (κ1) is 13.3. The average molecular weight is 231 g/mol. The standard InChI is InChI=1S/C12H15N3.C2H6/c1-9-3-4-11(10(2)7-9)8-15-12(13)5-6-14-15;1-2/h3-7H,8,13H2,1-2H3;1-2H3. The lowest BCUT2D eigenvalue weighted by Gasteiger charge is -2.08. The number of nitrogen functional groups attached to an aromatic ring is 1. The second-order valence-corrected chi connectivity index (χ2v) is 3.84. The van der Waals surface area contributed by atoms with Gasteiger partial charge in [0.05, 0.1) is 12.7 Å². The Labute approximate surface area is 103 Å². The number of hydrogen-bond acceptors (Lipinski definition) is 2. The minimum absolute atomic E-state index is 0.704. The number of nitrogens with zero attached hydrogens (tertiary/aromatic N) is 2. The summed E-state index contributed by atoms with van der Waals surface area (Å²) in [4.78, 5) is 0. The molecular formula is C14H21N3. The van der Waals surface area contributed by atoms with Crippen LogP contribution in [0.5, 0.6) is 0 Å². The number of anilines is 1. The maximum absolute atomic E-state index is 5.77. The molecule has 0 aliphatic rings. The molecule has 1 heterocycles. The Morgan fingerprint density at radius 1 is 1.18 bits per heavy atom. The quantitative estimate of drug-likeness (QED) is 0.862. The van der Waals surface area contributed by atoms with Crippen molar-refractivity contribution in [2.45, 2.75) is 34.2 Å². The molecule has 0 atom stereocenters. The SMILES string of the molecule is CC.Cc1ccc(Cn2nccc2N)c(C)c1. The van der Waals surface area contributed by atoms with Gasteiger partial charge in [0.1, 0.15) is 5.82 Å². The Kier molecular flexibility index (Phi) is 4.76. The van der Waals surface area contributed by atoms with Gasteiger partial charge in [-0.2, -0.15) is 5.10 Å². The van der Waals surface area contributed by atoms with Gasteiger partial charge in [-0.1, -0.05) is 37.6 Å². The maximum atomic E-state index is 5.77. The summed E-state index contributed by atoms with van der Waals surface area (Å²) in [5.41, 5.74) is 9.59. The summed E-state index contributed by atoms with van der Waals surface area (Å²) < 4.78 is 1.80. The highest BCUT2D eigenvalue weighted by Gasteiger charge is 2.02. The third-order valence-electron chi connectivity index (χ3n) is 2.57. The lowest BCUT2D eigenvalue weighted by molar-refractivity contribution is 0.694. The highest BCUT2D eigenvalue weighted by molar-refractivity contribution is 5.33. The van der Waals surface area contributed by atoms with Gasteiger partial charge in [-0.15, -0.1) is 0 Å². The Bertz CT molecular complexity index is 472. The number of rotatable bonds is 2. The molecule has 0 bridgehead atoms. The van der Waals surface area contributed by atoms with E-state index in [1.807, 2.05) is 19.9 Å². The summed E-state index contributed by atoms with van der Waals surface area (Å²) in [6.45, 7) is 8.95. The molecule has 92 valence electrons. The van der Waals surface area contributed by atoms with Crippen molar-refractivity contribution in [1.29, 1.82) is 0 Å². The van der Waals surface area contributed by atoms with Gasteiger partial charge in [-0.3, -0.25) is 0 Å². The van der Waals surface area contributed by atoms with Crippen LogP contribution in [0.25, 0.3) is 0 Å². The van der Waals surface area contributed by atoms with Crippen LogP contribution in [0.1, 0.15) is 30.5 Å². The third-order valence-corrected chi connectivity index (χ3v) is 2.57. The molecule has 0 aliphatic heterocycles. The van der Waals surface area contributed by atoms with Crippen molar-refractivity contribution in [1.82, 2.24) is 9.78 Å². The molecule has 0 aliphatic carbocycles. The smallest absolute Gasteiger partial charge is 0.122 e. The number of aryl methyl sites for hydroxylation is 2. The van der Waals surface area contributed by atoms with Crippen molar-refractivity contribution >= 4 is 5.82 Å². The molecule has 3 heteroatoms. The van der Waals surface area contributed by atoms with E-state index in [0.29, 0.717) is 5.82 Å². The number of aromatic nitrogens is 2. The predicted octanol–water partition coefficient (Wildman–Crippen LogP) is 3.16. The van der Waals surface area contributed by atoms with Gasteiger partial charge < -0.3 is 5.73 Å². The molecule has 1 aromatic heterocycles. The van der Waals surface area contributed by atoms with Crippen molar-refractivity contribution in [3.63, 3.8) is 0 Å². The zero-order valence-electron chi connectivity index (χ0n) is 11.1. The van der Waals surface area contributed by atoms with Crippen molar-refractivity contribution in [3.05, 3.63) is 47.2 Å². The van der Waals surface area contributed by atoms with Crippen molar-refractivity contribution < 1.29 is 0 Å². The number of hydrogen-bond donors (Lipinski definition) is 1. The van der Waals surface area contributed by atoms with E-state index < -0.39 is 0 Å². The first-order valence-corrected chi connectivity index (χ1v) is 6.00. The molecule has 2 aromatic rings. The van der Waals surface area contributed by atoms with Crippen molar-refractivity contribution in [2.24, 2.45) is 0 Å². The lowest BCUT2D eigenvalue weighted by atomic mass is 10.1. The second kappa shape index (κ2) is 6.09. The molecule has 0 saturated carbocycles. The van der Waals surface area contributed by atoms with Crippen LogP contribution in [0.3, 0.4) is 0 Å². The van der Waals surface area contributed by atoms with Gasteiger partial charge in [0.15, 0.2) is 0 Å². The van der Waals surface area contributed by atoms with E-state index in [-0.39, 0.29) is 0 Å². The largest absolute Gasteiger partial charge is 0.384 e. The van der Waals surface area contributed by atoms with Crippen LogP contribution in [-0.4, -0.2) is 9.78 Å². The summed E-state index contributed by atoms with van der Waals surface area (Å²) >= 11 is 0.